The van der Waals surface area contributed by atoms with Crippen LogP contribution in [0.3, 0.4) is 0 Å². The molecule has 3 aromatic carbocycles. The molecule has 0 fully saturated rings. The normalized spacial score (nSPS) is 10.2. The summed E-state index contributed by atoms with van der Waals surface area (Å²) in [5.41, 5.74) is 1.71. The number of ether oxygens (including phenoxy) is 2. The first-order valence-corrected chi connectivity index (χ1v) is 8.44. The summed E-state index contributed by atoms with van der Waals surface area (Å²) in [5, 5.41) is 8.87. The van der Waals surface area contributed by atoms with Gasteiger partial charge in [-0.2, -0.15) is 0 Å². The Kier molecular flexibility index (Phi) is 5.84. The number of hydrogen-bond donors (Lipinski definition) is 1. The first-order chi connectivity index (χ1) is 13.1. The molecular formula is C22H18O5. The van der Waals surface area contributed by atoms with Crippen molar-refractivity contribution in [2.24, 2.45) is 0 Å². The Bertz CT molecular complexity index is 900. The van der Waals surface area contributed by atoms with E-state index >= 15 is 0 Å². The quantitative estimate of drug-likeness (QED) is 0.503. The van der Waals surface area contributed by atoms with Crippen molar-refractivity contribution in [1.82, 2.24) is 0 Å². The van der Waals surface area contributed by atoms with E-state index < -0.39 is 11.9 Å². The van der Waals surface area contributed by atoms with Crippen LogP contribution in [0.4, 0.5) is 0 Å². The van der Waals surface area contributed by atoms with Crippen molar-refractivity contribution >= 4 is 11.9 Å². The van der Waals surface area contributed by atoms with Gasteiger partial charge in [0.15, 0.2) is 0 Å². The Hall–Kier alpha value is -3.60. The van der Waals surface area contributed by atoms with Crippen LogP contribution in [0.2, 0.25) is 0 Å². The van der Waals surface area contributed by atoms with Crippen LogP contribution in [0.1, 0.15) is 26.3 Å². The van der Waals surface area contributed by atoms with Gasteiger partial charge in [0.05, 0.1) is 17.7 Å². The minimum Gasteiger partial charge on any atom is -0.493 e. The van der Waals surface area contributed by atoms with Crippen LogP contribution in [0.15, 0.2) is 78.9 Å². The van der Waals surface area contributed by atoms with Crippen molar-refractivity contribution < 1.29 is 24.2 Å². The number of carboxylic acid groups (broad SMARTS) is 1. The van der Waals surface area contributed by atoms with Crippen LogP contribution in [-0.2, 0) is 6.42 Å². The summed E-state index contributed by atoms with van der Waals surface area (Å²) in [6.45, 7) is 0.545. The summed E-state index contributed by atoms with van der Waals surface area (Å²) in [5.74, 6) is -0.592. The first kappa shape index (κ1) is 18.2. The molecule has 0 spiro atoms. The molecule has 0 unspecified atom stereocenters. The van der Waals surface area contributed by atoms with Gasteiger partial charge in [0, 0.05) is 6.42 Å². The lowest BCUT2D eigenvalue weighted by Gasteiger charge is -2.08. The number of benzene rings is 3. The van der Waals surface area contributed by atoms with Gasteiger partial charge in [0.2, 0.25) is 0 Å². The molecule has 1 N–H and O–H groups in total. The third kappa shape index (κ3) is 5.19. The second-order valence-electron chi connectivity index (χ2n) is 5.83. The molecule has 0 aromatic heterocycles. The highest BCUT2D eigenvalue weighted by Gasteiger charge is 2.10. The lowest BCUT2D eigenvalue weighted by molar-refractivity contribution is 0.0696. The third-order valence-corrected chi connectivity index (χ3v) is 3.90. The fourth-order valence-corrected chi connectivity index (χ4v) is 2.45. The van der Waals surface area contributed by atoms with E-state index in [2.05, 4.69) is 0 Å². The molecule has 0 atom stereocenters. The first-order valence-electron chi connectivity index (χ1n) is 8.44. The van der Waals surface area contributed by atoms with Gasteiger partial charge in [-0.25, -0.2) is 9.59 Å². The van der Waals surface area contributed by atoms with Crippen molar-refractivity contribution in [3.63, 3.8) is 0 Å². The molecule has 0 aliphatic carbocycles. The van der Waals surface area contributed by atoms with Crippen LogP contribution in [0.5, 0.6) is 11.5 Å². The van der Waals surface area contributed by atoms with Crippen LogP contribution >= 0.6 is 0 Å². The summed E-state index contributed by atoms with van der Waals surface area (Å²) in [7, 11) is 0. The van der Waals surface area contributed by atoms with E-state index in [1.807, 2.05) is 30.3 Å². The van der Waals surface area contributed by atoms with E-state index in [-0.39, 0.29) is 11.3 Å². The molecule has 5 heteroatoms. The Labute approximate surface area is 156 Å². The molecule has 0 radical (unpaired) electrons. The summed E-state index contributed by atoms with van der Waals surface area (Å²) in [6, 6.07) is 22.4. The zero-order chi connectivity index (χ0) is 19.1. The molecule has 136 valence electrons. The second kappa shape index (κ2) is 8.67. The number of esters is 1. The van der Waals surface area contributed by atoms with Gasteiger partial charge in [0.1, 0.15) is 11.5 Å². The van der Waals surface area contributed by atoms with Crippen LogP contribution in [-0.4, -0.2) is 23.7 Å². The minimum atomic E-state index is -1.03. The van der Waals surface area contributed by atoms with E-state index in [9.17, 15) is 9.59 Å². The fraction of sp³-hybridized carbons (Fsp3) is 0.0909. The number of hydrogen-bond acceptors (Lipinski definition) is 4. The molecule has 0 aliphatic rings. The summed E-state index contributed by atoms with van der Waals surface area (Å²) < 4.78 is 10.9. The molecule has 3 rings (SSSR count). The lowest BCUT2D eigenvalue weighted by Crippen LogP contribution is -2.09. The standard InChI is InChI=1S/C22H18O5/c23-21(24)17-6-12-20(13-7-17)27-22(25)18-8-10-19(11-9-18)26-15-14-16-4-2-1-3-5-16/h1-13H,14-15H2,(H,23,24). The lowest BCUT2D eigenvalue weighted by atomic mass is 10.2. The Morgan fingerprint density at radius 3 is 1.96 bits per heavy atom. The maximum absolute atomic E-state index is 12.2. The second-order valence-corrected chi connectivity index (χ2v) is 5.83. The highest BCUT2D eigenvalue weighted by molar-refractivity contribution is 5.91. The number of aromatic carboxylic acids is 1. The van der Waals surface area contributed by atoms with Gasteiger partial charge >= 0.3 is 11.9 Å². The molecule has 0 saturated heterocycles. The average molecular weight is 362 g/mol. The fourth-order valence-electron chi connectivity index (χ4n) is 2.45. The van der Waals surface area contributed by atoms with E-state index in [0.29, 0.717) is 17.9 Å². The number of carbonyl (C=O) groups is 2. The number of carboxylic acids is 1. The van der Waals surface area contributed by atoms with Crippen molar-refractivity contribution in [2.45, 2.75) is 6.42 Å². The average Bonchev–Trinajstić information content (AvgIpc) is 2.70. The van der Waals surface area contributed by atoms with Crippen molar-refractivity contribution in [2.75, 3.05) is 6.61 Å². The van der Waals surface area contributed by atoms with Crippen LogP contribution < -0.4 is 9.47 Å². The molecule has 0 amide bonds. The van der Waals surface area contributed by atoms with E-state index in [1.165, 1.54) is 29.8 Å². The van der Waals surface area contributed by atoms with Gasteiger partial charge in [-0.3, -0.25) is 0 Å². The maximum Gasteiger partial charge on any atom is 0.343 e. The number of rotatable bonds is 7. The number of carbonyl (C=O) groups excluding carboxylic acids is 1. The molecule has 5 nitrogen and oxygen atoms in total. The van der Waals surface area contributed by atoms with E-state index in [4.69, 9.17) is 14.6 Å². The van der Waals surface area contributed by atoms with Gasteiger partial charge < -0.3 is 14.6 Å². The molecule has 3 aromatic rings. The maximum atomic E-state index is 12.2. The van der Waals surface area contributed by atoms with Crippen LogP contribution in [0, 0.1) is 0 Å². The molecule has 27 heavy (non-hydrogen) atoms. The van der Waals surface area contributed by atoms with Gasteiger partial charge in [-0.1, -0.05) is 30.3 Å². The smallest absolute Gasteiger partial charge is 0.343 e. The monoisotopic (exact) mass is 362 g/mol. The van der Waals surface area contributed by atoms with E-state index in [1.54, 1.807) is 24.3 Å². The minimum absolute atomic E-state index is 0.131. The van der Waals surface area contributed by atoms with Crippen molar-refractivity contribution in [3.8, 4) is 11.5 Å². The molecular weight excluding hydrogens is 344 g/mol. The summed E-state index contributed by atoms with van der Waals surface area (Å²) in [6.07, 6.45) is 0.803. The van der Waals surface area contributed by atoms with Crippen molar-refractivity contribution in [3.05, 3.63) is 95.6 Å². The topological polar surface area (TPSA) is 72.8 Å². The Morgan fingerprint density at radius 1 is 0.741 bits per heavy atom. The predicted octanol–water partition coefficient (Wildman–Crippen LogP) is 4.23. The van der Waals surface area contributed by atoms with Crippen LogP contribution in [0.25, 0.3) is 0 Å². The molecule has 0 saturated carbocycles. The molecule has 0 aliphatic heterocycles. The third-order valence-electron chi connectivity index (χ3n) is 3.90. The van der Waals surface area contributed by atoms with Crippen molar-refractivity contribution in [1.29, 1.82) is 0 Å². The van der Waals surface area contributed by atoms with Gasteiger partial charge in [-0.15, -0.1) is 0 Å². The van der Waals surface area contributed by atoms with Gasteiger partial charge in [0.25, 0.3) is 0 Å². The highest BCUT2D eigenvalue weighted by atomic mass is 16.5. The van der Waals surface area contributed by atoms with E-state index in [0.717, 1.165) is 6.42 Å². The molecule has 0 bridgehead atoms. The summed E-state index contributed by atoms with van der Waals surface area (Å²) >= 11 is 0. The predicted molar refractivity (Wildman–Crippen MR) is 100 cm³/mol. The zero-order valence-electron chi connectivity index (χ0n) is 14.5. The summed E-state index contributed by atoms with van der Waals surface area (Å²) in [4.78, 5) is 23.0. The molecule has 0 heterocycles. The van der Waals surface area contributed by atoms with Gasteiger partial charge in [-0.05, 0) is 54.1 Å². The Balaban J connectivity index is 1.53. The Morgan fingerprint density at radius 2 is 1.33 bits per heavy atom. The highest BCUT2D eigenvalue weighted by Crippen LogP contribution is 2.17. The SMILES string of the molecule is O=C(O)c1ccc(OC(=O)c2ccc(OCCc3ccccc3)cc2)cc1. The zero-order valence-corrected chi connectivity index (χ0v) is 14.5. The largest absolute Gasteiger partial charge is 0.493 e.